The van der Waals surface area contributed by atoms with Crippen molar-refractivity contribution in [2.24, 2.45) is 0 Å². The van der Waals surface area contributed by atoms with Gasteiger partial charge in [-0.15, -0.1) is 0 Å². The van der Waals surface area contributed by atoms with Gasteiger partial charge in [-0.3, -0.25) is 4.79 Å². The topological polar surface area (TPSA) is 57.2 Å². The van der Waals surface area contributed by atoms with Gasteiger partial charge in [0, 0.05) is 25.9 Å². The standard InChI is InChI=1S/C27H29NO5/c1-19(29)28(17-20-9-11-24(30-2)26(15-20)31-3)14-13-23(21-7-5-4-6-8-21)22-10-12-25-27(16-22)33-18-32-25/h4-12,15-16,23H,13-14,17-18H2,1-3H3/t23-/m0/s1. The molecule has 1 atom stereocenters. The maximum absolute atomic E-state index is 12.5. The molecule has 1 heterocycles. The van der Waals surface area contributed by atoms with Gasteiger partial charge in [0.05, 0.1) is 14.2 Å². The van der Waals surface area contributed by atoms with Gasteiger partial charge >= 0.3 is 0 Å². The summed E-state index contributed by atoms with van der Waals surface area (Å²) in [6.45, 7) is 2.97. The lowest BCUT2D eigenvalue weighted by molar-refractivity contribution is -0.129. The van der Waals surface area contributed by atoms with Crippen LogP contribution in [0.2, 0.25) is 0 Å². The Morgan fingerprint density at radius 3 is 2.39 bits per heavy atom. The predicted octanol–water partition coefficient (Wildman–Crippen LogP) is 5.00. The molecule has 0 spiro atoms. The Morgan fingerprint density at radius 1 is 0.909 bits per heavy atom. The maximum Gasteiger partial charge on any atom is 0.231 e. The number of nitrogens with zero attached hydrogens (tertiary/aromatic N) is 1. The molecule has 0 aromatic heterocycles. The smallest absolute Gasteiger partial charge is 0.231 e. The molecule has 3 aromatic rings. The third-order valence-corrected chi connectivity index (χ3v) is 5.96. The Balaban J connectivity index is 1.55. The van der Waals surface area contributed by atoms with Crippen LogP contribution >= 0.6 is 0 Å². The zero-order valence-electron chi connectivity index (χ0n) is 19.2. The number of carbonyl (C=O) groups is 1. The minimum atomic E-state index is 0.0299. The van der Waals surface area contributed by atoms with E-state index in [-0.39, 0.29) is 18.6 Å². The quantitative estimate of drug-likeness (QED) is 0.462. The van der Waals surface area contributed by atoms with E-state index < -0.39 is 0 Å². The normalized spacial score (nSPS) is 12.8. The van der Waals surface area contributed by atoms with Gasteiger partial charge in [0.2, 0.25) is 12.7 Å². The van der Waals surface area contributed by atoms with E-state index in [1.807, 2.05) is 53.4 Å². The lowest BCUT2D eigenvalue weighted by Gasteiger charge is -2.25. The van der Waals surface area contributed by atoms with Crippen molar-refractivity contribution < 1.29 is 23.7 Å². The van der Waals surface area contributed by atoms with Crippen LogP contribution in [-0.4, -0.2) is 38.4 Å². The molecule has 6 heteroatoms. The minimum Gasteiger partial charge on any atom is -0.493 e. The first-order valence-electron chi connectivity index (χ1n) is 11.0. The number of fused-ring (bicyclic) bond motifs is 1. The number of methoxy groups -OCH3 is 2. The summed E-state index contributed by atoms with van der Waals surface area (Å²) in [4.78, 5) is 14.4. The number of amides is 1. The summed E-state index contributed by atoms with van der Waals surface area (Å²) in [5.41, 5.74) is 3.33. The molecular weight excluding hydrogens is 418 g/mol. The second-order valence-corrected chi connectivity index (χ2v) is 7.99. The van der Waals surface area contributed by atoms with E-state index in [0.717, 1.165) is 29.0 Å². The average Bonchev–Trinajstić information content (AvgIpc) is 3.32. The first-order chi connectivity index (χ1) is 16.1. The van der Waals surface area contributed by atoms with Crippen LogP contribution in [0.4, 0.5) is 0 Å². The molecule has 3 aromatic carbocycles. The van der Waals surface area contributed by atoms with E-state index in [4.69, 9.17) is 18.9 Å². The van der Waals surface area contributed by atoms with Crippen molar-refractivity contribution in [1.82, 2.24) is 4.90 Å². The Morgan fingerprint density at radius 2 is 1.67 bits per heavy atom. The Hall–Kier alpha value is -3.67. The van der Waals surface area contributed by atoms with Crippen LogP contribution in [0.5, 0.6) is 23.0 Å². The molecule has 1 aliphatic rings. The number of benzene rings is 3. The largest absolute Gasteiger partial charge is 0.493 e. The highest BCUT2D eigenvalue weighted by molar-refractivity contribution is 5.73. The average molecular weight is 448 g/mol. The van der Waals surface area contributed by atoms with Gasteiger partial charge in [-0.2, -0.15) is 0 Å². The van der Waals surface area contributed by atoms with E-state index in [1.54, 1.807) is 21.1 Å². The fraction of sp³-hybridized carbons (Fsp3) is 0.296. The molecule has 172 valence electrons. The highest BCUT2D eigenvalue weighted by atomic mass is 16.7. The number of ether oxygens (including phenoxy) is 4. The van der Waals surface area contributed by atoms with Crippen molar-refractivity contribution >= 4 is 5.91 Å². The summed E-state index contributed by atoms with van der Waals surface area (Å²) < 4.78 is 21.8. The summed E-state index contributed by atoms with van der Waals surface area (Å²) in [5, 5.41) is 0. The summed E-state index contributed by atoms with van der Waals surface area (Å²) >= 11 is 0. The molecule has 0 unspecified atom stereocenters. The van der Waals surface area contributed by atoms with Crippen LogP contribution in [0.3, 0.4) is 0 Å². The maximum atomic E-state index is 12.5. The highest BCUT2D eigenvalue weighted by Crippen LogP contribution is 2.37. The second-order valence-electron chi connectivity index (χ2n) is 7.99. The Kier molecular flexibility index (Phi) is 7.03. The monoisotopic (exact) mass is 447 g/mol. The number of hydrogen-bond donors (Lipinski definition) is 0. The first-order valence-corrected chi connectivity index (χ1v) is 11.0. The van der Waals surface area contributed by atoms with Gasteiger partial charge in [0.25, 0.3) is 0 Å². The summed E-state index contributed by atoms with van der Waals surface area (Å²) in [5.74, 6) is 3.00. The number of rotatable bonds is 9. The molecule has 1 aliphatic heterocycles. The van der Waals surface area contributed by atoms with Crippen molar-refractivity contribution in [2.75, 3.05) is 27.6 Å². The molecule has 4 rings (SSSR count). The van der Waals surface area contributed by atoms with Gasteiger partial charge in [-0.05, 0) is 47.4 Å². The Labute approximate surface area is 194 Å². The van der Waals surface area contributed by atoms with Crippen LogP contribution in [0.15, 0.2) is 66.7 Å². The minimum absolute atomic E-state index is 0.0299. The van der Waals surface area contributed by atoms with Crippen LogP contribution in [0.1, 0.15) is 36.0 Å². The van der Waals surface area contributed by atoms with Crippen molar-refractivity contribution in [3.05, 3.63) is 83.4 Å². The first kappa shape index (κ1) is 22.5. The molecule has 6 nitrogen and oxygen atoms in total. The predicted molar refractivity (Wildman–Crippen MR) is 126 cm³/mol. The molecule has 0 aliphatic carbocycles. The third kappa shape index (κ3) is 5.22. The number of hydrogen-bond acceptors (Lipinski definition) is 5. The molecule has 33 heavy (non-hydrogen) atoms. The van der Waals surface area contributed by atoms with Gasteiger partial charge in [0.15, 0.2) is 23.0 Å². The molecule has 0 bridgehead atoms. The van der Waals surface area contributed by atoms with Crippen molar-refractivity contribution in [2.45, 2.75) is 25.8 Å². The van der Waals surface area contributed by atoms with Gasteiger partial charge in [0.1, 0.15) is 0 Å². The molecule has 0 N–H and O–H groups in total. The van der Waals surface area contributed by atoms with Crippen LogP contribution in [0.25, 0.3) is 0 Å². The Bertz CT molecular complexity index is 1100. The van der Waals surface area contributed by atoms with Crippen LogP contribution in [-0.2, 0) is 11.3 Å². The van der Waals surface area contributed by atoms with Gasteiger partial charge in [-0.1, -0.05) is 42.5 Å². The molecule has 0 saturated carbocycles. The van der Waals surface area contributed by atoms with Gasteiger partial charge < -0.3 is 23.8 Å². The van der Waals surface area contributed by atoms with Gasteiger partial charge in [-0.25, -0.2) is 0 Å². The summed E-state index contributed by atoms with van der Waals surface area (Å²) in [6.07, 6.45) is 0.774. The molecular formula is C27H29NO5. The fourth-order valence-corrected chi connectivity index (χ4v) is 4.17. The van der Waals surface area contributed by atoms with Crippen molar-refractivity contribution in [3.8, 4) is 23.0 Å². The SMILES string of the molecule is COc1ccc(CN(CC[C@@H](c2ccccc2)c2ccc3c(c2)OCO3)C(C)=O)cc1OC. The fourth-order valence-electron chi connectivity index (χ4n) is 4.17. The van der Waals surface area contributed by atoms with E-state index in [0.29, 0.717) is 24.6 Å². The van der Waals surface area contributed by atoms with Crippen molar-refractivity contribution in [1.29, 1.82) is 0 Å². The van der Waals surface area contributed by atoms with E-state index >= 15 is 0 Å². The second kappa shape index (κ2) is 10.3. The summed E-state index contributed by atoms with van der Waals surface area (Å²) in [6, 6.07) is 22.2. The van der Waals surface area contributed by atoms with Crippen molar-refractivity contribution in [3.63, 3.8) is 0 Å². The summed E-state index contributed by atoms with van der Waals surface area (Å²) in [7, 11) is 3.22. The lowest BCUT2D eigenvalue weighted by Crippen LogP contribution is -2.30. The van der Waals surface area contributed by atoms with E-state index in [9.17, 15) is 4.79 Å². The van der Waals surface area contributed by atoms with E-state index in [2.05, 4.69) is 18.2 Å². The third-order valence-electron chi connectivity index (χ3n) is 5.96. The number of carbonyl (C=O) groups excluding carboxylic acids is 1. The molecule has 0 radical (unpaired) electrons. The van der Waals surface area contributed by atoms with Crippen LogP contribution in [0, 0.1) is 0 Å². The zero-order chi connectivity index (χ0) is 23.2. The molecule has 0 saturated heterocycles. The van der Waals surface area contributed by atoms with E-state index in [1.165, 1.54) is 5.56 Å². The lowest BCUT2D eigenvalue weighted by atomic mass is 9.88. The zero-order valence-corrected chi connectivity index (χ0v) is 19.2. The molecule has 1 amide bonds. The van der Waals surface area contributed by atoms with Crippen LogP contribution < -0.4 is 18.9 Å². The highest BCUT2D eigenvalue weighted by Gasteiger charge is 2.21. The molecule has 0 fully saturated rings.